The fourth-order valence-corrected chi connectivity index (χ4v) is 2.49. The molecule has 1 heterocycles. The van der Waals surface area contributed by atoms with Crippen LogP contribution in [0, 0.1) is 0 Å². The summed E-state index contributed by atoms with van der Waals surface area (Å²) in [5, 5.41) is 9.76. The van der Waals surface area contributed by atoms with E-state index in [1.165, 1.54) is 5.69 Å². The molecule has 0 amide bonds. The Balaban J connectivity index is 1.84. The van der Waals surface area contributed by atoms with Gasteiger partial charge in [0.1, 0.15) is 11.6 Å². The van der Waals surface area contributed by atoms with E-state index in [0.29, 0.717) is 12.2 Å². The molecule has 2 aromatic rings. The summed E-state index contributed by atoms with van der Waals surface area (Å²) in [7, 11) is 0. The van der Waals surface area contributed by atoms with Gasteiger partial charge in [-0.05, 0) is 18.9 Å². The third-order valence-corrected chi connectivity index (χ3v) is 3.48. The smallest absolute Gasteiger partial charge is 0.119 e. The highest BCUT2D eigenvalue weighted by atomic mass is 16.3. The highest BCUT2D eigenvalue weighted by Crippen LogP contribution is 2.22. The molecule has 0 radical (unpaired) electrons. The molecule has 18 heavy (non-hydrogen) atoms. The van der Waals surface area contributed by atoms with E-state index in [4.69, 9.17) is 5.73 Å². The van der Waals surface area contributed by atoms with Crippen molar-refractivity contribution in [2.75, 3.05) is 0 Å². The molecule has 1 aliphatic rings. The van der Waals surface area contributed by atoms with E-state index in [1.807, 2.05) is 18.2 Å². The van der Waals surface area contributed by atoms with Gasteiger partial charge in [0.15, 0.2) is 0 Å². The summed E-state index contributed by atoms with van der Waals surface area (Å²) in [6.45, 7) is 0. The molecule has 0 bridgehead atoms. The Hall–Kier alpha value is -1.81. The molecule has 4 nitrogen and oxygen atoms in total. The van der Waals surface area contributed by atoms with Crippen molar-refractivity contribution in [3.63, 3.8) is 0 Å². The Labute approximate surface area is 106 Å². The van der Waals surface area contributed by atoms with E-state index in [9.17, 15) is 5.11 Å². The molecule has 1 aromatic carbocycles. The molecule has 1 atom stereocenters. The first-order valence-electron chi connectivity index (χ1n) is 6.31. The van der Waals surface area contributed by atoms with Crippen LogP contribution in [0.3, 0.4) is 0 Å². The molecular weight excluding hydrogens is 226 g/mol. The molecular formula is C14H17N3O. The normalized spacial score (nSPS) is 18.6. The maximum absolute atomic E-state index is 9.76. The molecule has 1 aliphatic carbocycles. The molecule has 0 spiro atoms. The van der Waals surface area contributed by atoms with Crippen molar-refractivity contribution in [3.05, 3.63) is 47.0 Å². The van der Waals surface area contributed by atoms with Gasteiger partial charge in [0, 0.05) is 30.1 Å². The van der Waals surface area contributed by atoms with Crippen molar-refractivity contribution in [2.24, 2.45) is 5.73 Å². The number of nitrogens with one attached hydrogen (secondary N) is 1. The zero-order valence-corrected chi connectivity index (χ0v) is 10.2. The van der Waals surface area contributed by atoms with Crippen LogP contribution in [-0.2, 0) is 19.3 Å². The fourth-order valence-electron chi connectivity index (χ4n) is 2.49. The van der Waals surface area contributed by atoms with E-state index in [-0.39, 0.29) is 6.04 Å². The van der Waals surface area contributed by atoms with Crippen LogP contribution < -0.4 is 5.73 Å². The van der Waals surface area contributed by atoms with Gasteiger partial charge < -0.3 is 15.8 Å². The first kappa shape index (κ1) is 11.3. The number of fused-ring (bicyclic) bond motifs is 1. The average Bonchev–Trinajstić information content (AvgIpc) is 2.73. The number of hydrogen-bond donors (Lipinski definition) is 3. The molecule has 4 heteroatoms. The second-order valence-corrected chi connectivity index (χ2v) is 4.92. The van der Waals surface area contributed by atoms with Crippen molar-refractivity contribution in [1.82, 2.24) is 9.97 Å². The van der Waals surface area contributed by atoms with Crippen LogP contribution in [-0.4, -0.2) is 21.1 Å². The van der Waals surface area contributed by atoms with Crippen LogP contribution in [0.1, 0.15) is 29.2 Å². The lowest BCUT2D eigenvalue weighted by molar-refractivity contribution is 0.469. The summed E-state index contributed by atoms with van der Waals surface area (Å²) in [6, 6.07) is 7.62. The number of phenols is 1. The number of aromatic amines is 1. The number of aromatic hydroxyl groups is 1. The lowest BCUT2D eigenvalue weighted by Crippen LogP contribution is -2.27. The first-order chi connectivity index (χ1) is 8.72. The molecule has 0 saturated carbocycles. The lowest BCUT2D eigenvalue weighted by Gasteiger charge is -2.15. The molecule has 4 N–H and O–H groups in total. The van der Waals surface area contributed by atoms with Crippen LogP contribution in [0.25, 0.3) is 0 Å². The van der Waals surface area contributed by atoms with Crippen LogP contribution >= 0.6 is 0 Å². The predicted molar refractivity (Wildman–Crippen MR) is 69.5 cm³/mol. The fraction of sp³-hybridized carbons (Fsp3) is 0.357. The van der Waals surface area contributed by atoms with Gasteiger partial charge in [-0.3, -0.25) is 0 Å². The Kier molecular flexibility index (Phi) is 2.80. The number of benzene rings is 1. The van der Waals surface area contributed by atoms with Crippen molar-refractivity contribution < 1.29 is 5.11 Å². The number of hydrogen-bond acceptors (Lipinski definition) is 3. The molecule has 0 fully saturated rings. The van der Waals surface area contributed by atoms with Crippen LogP contribution in [0.4, 0.5) is 0 Å². The van der Waals surface area contributed by atoms with Gasteiger partial charge >= 0.3 is 0 Å². The highest BCUT2D eigenvalue weighted by molar-refractivity contribution is 5.34. The standard InChI is InChI=1S/C14H17N3O/c15-10-5-6-11-12(8-10)17-14(16-11)7-9-3-1-2-4-13(9)18/h1-4,10,18H,5-8,15H2,(H,16,17). The molecule has 94 valence electrons. The largest absolute Gasteiger partial charge is 0.508 e. The van der Waals surface area contributed by atoms with Crippen LogP contribution in [0.5, 0.6) is 5.75 Å². The minimum Gasteiger partial charge on any atom is -0.508 e. The highest BCUT2D eigenvalue weighted by Gasteiger charge is 2.19. The van der Waals surface area contributed by atoms with E-state index in [1.54, 1.807) is 6.07 Å². The SMILES string of the molecule is NC1CCc2nc(Cc3ccccc3O)[nH]c2C1. The second kappa shape index (κ2) is 4.46. The minimum atomic E-state index is 0.246. The van der Waals surface area contributed by atoms with Crippen molar-refractivity contribution in [2.45, 2.75) is 31.7 Å². The van der Waals surface area contributed by atoms with Gasteiger partial charge in [-0.25, -0.2) is 4.98 Å². The number of nitrogens with two attached hydrogens (primary N) is 1. The summed E-state index contributed by atoms with van der Waals surface area (Å²) in [5.74, 6) is 1.24. The van der Waals surface area contributed by atoms with Gasteiger partial charge in [0.25, 0.3) is 0 Å². The van der Waals surface area contributed by atoms with Crippen molar-refractivity contribution >= 4 is 0 Å². The molecule has 3 rings (SSSR count). The van der Waals surface area contributed by atoms with Gasteiger partial charge in [-0.1, -0.05) is 18.2 Å². The van der Waals surface area contributed by atoms with Gasteiger partial charge in [-0.15, -0.1) is 0 Å². The molecule has 1 unspecified atom stereocenters. The molecule has 0 aliphatic heterocycles. The van der Waals surface area contributed by atoms with Crippen molar-refractivity contribution in [3.8, 4) is 5.75 Å². The van der Waals surface area contributed by atoms with Gasteiger partial charge in [0.05, 0.1) is 5.69 Å². The summed E-state index contributed by atoms with van der Waals surface area (Å²) in [5.41, 5.74) is 9.15. The number of imidazole rings is 1. The number of H-pyrrole nitrogens is 1. The number of aromatic nitrogens is 2. The monoisotopic (exact) mass is 243 g/mol. The number of rotatable bonds is 2. The Morgan fingerprint density at radius 1 is 1.39 bits per heavy atom. The zero-order chi connectivity index (χ0) is 12.5. The Morgan fingerprint density at radius 3 is 3.06 bits per heavy atom. The topological polar surface area (TPSA) is 74.9 Å². The zero-order valence-electron chi connectivity index (χ0n) is 10.2. The summed E-state index contributed by atoms with van der Waals surface area (Å²) >= 11 is 0. The predicted octanol–water partition coefficient (Wildman–Crippen LogP) is 1.52. The Morgan fingerprint density at radius 2 is 2.22 bits per heavy atom. The minimum absolute atomic E-state index is 0.246. The Bertz CT molecular complexity index is 562. The van der Waals surface area contributed by atoms with E-state index in [2.05, 4.69) is 9.97 Å². The summed E-state index contributed by atoms with van der Waals surface area (Å²) in [4.78, 5) is 7.94. The average molecular weight is 243 g/mol. The van der Waals surface area contributed by atoms with E-state index >= 15 is 0 Å². The quantitative estimate of drug-likeness (QED) is 0.748. The molecule has 1 aromatic heterocycles. The van der Waals surface area contributed by atoms with E-state index in [0.717, 1.165) is 36.3 Å². The summed E-state index contributed by atoms with van der Waals surface area (Å²) in [6.07, 6.45) is 3.47. The maximum atomic E-state index is 9.76. The maximum Gasteiger partial charge on any atom is 0.119 e. The van der Waals surface area contributed by atoms with Crippen molar-refractivity contribution in [1.29, 1.82) is 0 Å². The van der Waals surface area contributed by atoms with Crippen LogP contribution in [0.2, 0.25) is 0 Å². The number of para-hydroxylation sites is 1. The second-order valence-electron chi connectivity index (χ2n) is 4.92. The van der Waals surface area contributed by atoms with Crippen LogP contribution in [0.15, 0.2) is 24.3 Å². The first-order valence-corrected chi connectivity index (χ1v) is 6.31. The van der Waals surface area contributed by atoms with E-state index < -0.39 is 0 Å². The molecule has 0 saturated heterocycles. The summed E-state index contributed by atoms with van der Waals surface area (Å²) < 4.78 is 0. The van der Waals surface area contributed by atoms with Gasteiger partial charge in [-0.2, -0.15) is 0 Å². The number of aryl methyl sites for hydroxylation is 1. The lowest BCUT2D eigenvalue weighted by atomic mass is 9.97. The third-order valence-electron chi connectivity index (χ3n) is 3.48. The number of nitrogens with zero attached hydrogens (tertiary/aromatic N) is 1. The van der Waals surface area contributed by atoms with Gasteiger partial charge in [0.2, 0.25) is 0 Å². The third kappa shape index (κ3) is 2.11. The number of phenolic OH excluding ortho intramolecular Hbond substituents is 1.